The van der Waals surface area contributed by atoms with Crippen LogP contribution in [0.25, 0.3) is 0 Å². The van der Waals surface area contributed by atoms with Crippen LogP contribution in [-0.4, -0.2) is 54.1 Å². The molecule has 0 spiro atoms. The summed E-state index contributed by atoms with van der Waals surface area (Å²) >= 11 is 6.18. The number of nitro benzene ring substituents is 1. The number of sulfonamides is 1. The van der Waals surface area contributed by atoms with Crippen molar-refractivity contribution in [3.63, 3.8) is 0 Å². The molecule has 7 nitrogen and oxygen atoms in total. The molecule has 128 valence electrons. The first-order valence-electron chi connectivity index (χ1n) is 6.82. The summed E-state index contributed by atoms with van der Waals surface area (Å²) in [5.41, 5.74) is -0.271. The van der Waals surface area contributed by atoms with Crippen LogP contribution in [0, 0.1) is 10.1 Å². The molecule has 0 N–H and O–H groups in total. The topological polar surface area (TPSA) is 83.8 Å². The highest BCUT2D eigenvalue weighted by molar-refractivity contribution is 8.23. The molecule has 10 heteroatoms. The smallest absolute Gasteiger partial charge is 0.284 e. The highest BCUT2D eigenvalue weighted by Gasteiger charge is 2.26. The van der Waals surface area contributed by atoms with Crippen LogP contribution >= 0.6 is 24.0 Å². The molecule has 0 aliphatic rings. The van der Waals surface area contributed by atoms with Crippen molar-refractivity contribution in [2.24, 2.45) is 0 Å². The number of nitro groups is 1. The number of hydrogen-bond donors (Lipinski definition) is 0. The van der Waals surface area contributed by atoms with Crippen LogP contribution < -0.4 is 0 Å². The first-order valence-corrected chi connectivity index (χ1v) is 9.49. The maximum Gasteiger partial charge on any atom is 0.284 e. The Kier molecular flexibility index (Phi) is 6.93. The third kappa shape index (κ3) is 4.63. The van der Waals surface area contributed by atoms with E-state index in [1.165, 1.54) is 16.4 Å². The molecule has 0 amide bonds. The molecule has 0 saturated heterocycles. The van der Waals surface area contributed by atoms with E-state index in [1.807, 2.05) is 0 Å². The summed E-state index contributed by atoms with van der Waals surface area (Å²) in [6, 6.07) is 3.89. The molecule has 0 heterocycles. The first-order chi connectivity index (χ1) is 10.6. The van der Waals surface area contributed by atoms with Crippen LogP contribution in [0.4, 0.5) is 5.69 Å². The summed E-state index contributed by atoms with van der Waals surface area (Å²) in [6.07, 6.45) is 0. The molecule has 0 saturated carbocycles. The van der Waals surface area contributed by atoms with E-state index in [-0.39, 0.29) is 10.6 Å². The van der Waals surface area contributed by atoms with E-state index < -0.39 is 14.9 Å². The van der Waals surface area contributed by atoms with Gasteiger partial charge < -0.3 is 4.90 Å². The van der Waals surface area contributed by atoms with Crippen molar-refractivity contribution in [2.45, 2.75) is 23.6 Å². The fourth-order valence-electron chi connectivity index (χ4n) is 1.78. The Morgan fingerprint density at radius 2 is 1.87 bits per heavy atom. The summed E-state index contributed by atoms with van der Waals surface area (Å²) in [6.45, 7) is 4.03. The van der Waals surface area contributed by atoms with Gasteiger partial charge in [0.1, 0.15) is 4.32 Å². The van der Waals surface area contributed by atoms with Crippen molar-refractivity contribution in [1.82, 2.24) is 9.21 Å². The number of benzene rings is 1. The van der Waals surface area contributed by atoms with Crippen LogP contribution in [0.5, 0.6) is 0 Å². The molecular formula is C13H19N3O4S3. The number of thioether (sulfide) groups is 1. The van der Waals surface area contributed by atoms with Gasteiger partial charge in [-0.05, 0) is 12.1 Å². The van der Waals surface area contributed by atoms with Crippen molar-refractivity contribution in [3.05, 3.63) is 28.3 Å². The van der Waals surface area contributed by atoms with E-state index in [0.717, 1.165) is 17.8 Å². The lowest BCUT2D eigenvalue weighted by Gasteiger charge is -2.18. The molecule has 0 aliphatic carbocycles. The first kappa shape index (κ1) is 19.8. The largest absolute Gasteiger partial charge is 0.363 e. The molecule has 1 aromatic carbocycles. The molecule has 0 radical (unpaired) electrons. The van der Waals surface area contributed by atoms with Crippen molar-refractivity contribution in [2.75, 3.05) is 27.2 Å². The van der Waals surface area contributed by atoms with Gasteiger partial charge in [0.05, 0.1) is 14.7 Å². The van der Waals surface area contributed by atoms with Gasteiger partial charge in [0.15, 0.2) is 0 Å². The van der Waals surface area contributed by atoms with Crippen molar-refractivity contribution < 1.29 is 13.3 Å². The van der Waals surface area contributed by atoms with Crippen molar-refractivity contribution in [1.29, 1.82) is 0 Å². The molecule has 0 atom stereocenters. The molecule has 0 unspecified atom stereocenters. The van der Waals surface area contributed by atoms with Gasteiger partial charge in [-0.3, -0.25) is 10.1 Å². The molecule has 0 bridgehead atoms. The molecule has 0 aromatic heterocycles. The Labute approximate surface area is 145 Å². The van der Waals surface area contributed by atoms with Crippen LogP contribution in [0.15, 0.2) is 28.0 Å². The Hall–Kier alpha value is -1.23. The third-order valence-electron chi connectivity index (χ3n) is 3.03. The standard InChI is InChI=1S/C13H19N3O4S3/c1-5-15(6-2)23(19,20)10-7-8-12(11(9-10)16(17)18)22-13(21)14(3)4/h7-9H,5-6H2,1-4H3. The Balaban J connectivity index is 3.34. The van der Waals surface area contributed by atoms with E-state index in [1.54, 1.807) is 32.8 Å². The highest BCUT2D eigenvalue weighted by Crippen LogP contribution is 2.33. The predicted molar refractivity (Wildman–Crippen MR) is 95.3 cm³/mol. The van der Waals surface area contributed by atoms with E-state index in [2.05, 4.69) is 0 Å². The van der Waals surface area contributed by atoms with Crippen LogP contribution in [0.3, 0.4) is 0 Å². The van der Waals surface area contributed by atoms with Gasteiger partial charge in [0.25, 0.3) is 5.69 Å². The maximum absolute atomic E-state index is 12.5. The van der Waals surface area contributed by atoms with E-state index in [9.17, 15) is 18.5 Å². The molecule has 0 aliphatic heterocycles. The Bertz CT molecular complexity index is 700. The minimum absolute atomic E-state index is 0.0898. The number of nitrogens with zero attached hydrogens (tertiary/aromatic N) is 3. The second-order valence-corrected chi connectivity index (χ2v) is 8.35. The average Bonchev–Trinajstić information content (AvgIpc) is 2.47. The van der Waals surface area contributed by atoms with Crippen molar-refractivity contribution in [3.8, 4) is 0 Å². The van der Waals surface area contributed by atoms with Gasteiger partial charge in [-0.1, -0.05) is 37.8 Å². The van der Waals surface area contributed by atoms with E-state index in [4.69, 9.17) is 12.2 Å². The highest BCUT2D eigenvalue weighted by atomic mass is 32.2. The van der Waals surface area contributed by atoms with Crippen LogP contribution in [0.1, 0.15) is 13.8 Å². The van der Waals surface area contributed by atoms with Crippen LogP contribution in [-0.2, 0) is 10.0 Å². The lowest BCUT2D eigenvalue weighted by Crippen LogP contribution is -2.30. The summed E-state index contributed by atoms with van der Waals surface area (Å²) < 4.78 is 26.7. The Morgan fingerprint density at radius 1 is 1.30 bits per heavy atom. The second kappa shape index (κ2) is 8.04. The zero-order valence-electron chi connectivity index (χ0n) is 13.3. The van der Waals surface area contributed by atoms with E-state index in [0.29, 0.717) is 22.3 Å². The quantitative estimate of drug-likeness (QED) is 0.326. The minimum atomic E-state index is -3.74. The zero-order valence-corrected chi connectivity index (χ0v) is 15.8. The van der Waals surface area contributed by atoms with Crippen LogP contribution in [0.2, 0.25) is 0 Å². The van der Waals surface area contributed by atoms with Gasteiger partial charge in [-0.2, -0.15) is 4.31 Å². The normalized spacial score (nSPS) is 11.5. The number of thiocarbonyl (C=S) groups is 1. The Morgan fingerprint density at radius 3 is 2.30 bits per heavy atom. The number of rotatable bonds is 6. The summed E-state index contributed by atoms with van der Waals surface area (Å²) in [5, 5.41) is 11.3. The van der Waals surface area contributed by atoms with Gasteiger partial charge >= 0.3 is 0 Å². The molecular weight excluding hydrogens is 358 g/mol. The monoisotopic (exact) mass is 377 g/mol. The molecule has 0 fully saturated rings. The third-order valence-corrected chi connectivity index (χ3v) is 6.80. The number of hydrogen-bond acceptors (Lipinski definition) is 6. The fraction of sp³-hybridized carbons (Fsp3) is 0.462. The van der Waals surface area contributed by atoms with Gasteiger partial charge in [-0.25, -0.2) is 8.42 Å². The van der Waals surface area contributed by atoms with Crippen molar-refractivity contribution >= 4 is 44.0 Å². The average molecular weight is 378 g/mol. The summed E-state index contributed by atoms with van der Waals surface area (Å²) in [5.74, 6) is 0. The summed E-state index contributed by atoms with van der Waals surface area (Å²) in [7, 11) is -0.269. The fourth-order valence-corrected chi connectivity index (χ4v) is 4.28. The minimum Gasteiger partial charge on any atom is -0.363 e. The SMILES string of the molecule is CCN(CC)S(=O)(=O)c1ccc(SC(=S)N(C)C)c([N+](=O)[O-])c1. The molecule has 1 rings (SSSR count). The van der Waals surface area contributed by atoms with Gasteiger partial charge in [0, 0.05) is 33.3 Å². The lowest BCUT2D eigenvalue weighted by atomic mass is 10.3. The lowest BCUT2D eigenvalue weighted by molar-refractivity contribution is -0.387. The molecule has 1 aromatic rings. The van der Waals surface area contributed by atoms with E-state index >= 15 is 0 Å². The van der Waals surface area contributed by atoms with Gasteiger partial charge in [0.2, 0.25) is 10.0 Å². The van der Waals surface area contributed by atoms with Gasteiger partial charge in [-0.15, -0.1) is 0 Å². The zero-order chi connectivity index (χ0) is 17.8. The molecule has 23 heavy (non-hydrogen) atoms. The second-order valence-electron chi connectivity index (χ2n) is 4.74. The maximum atomic E-state index is 12.5. The predicted octanol–water partition coefficient (Wildman–Crippen LogP) is 2.56. The summed E-state index contributed by atoms with van der Waals surface area (Å²) in [4.78, 5) is 12.6.